The van der Waals surface area contributed by atoms with E-state index in [1.54, 1.807) is 24.3 Å². The SMILES string of the molecule is COc1cc(NC(=O)c2cc(C)nc3c2nc2n3CCCCC2)ccc1NS(C)(=O)=O. The zero-order valence-corrected chi connectivity index (χ0v) is 18.5. The van der Waals surface area contributed by atoms with E-state index in [-0.39, 0.29) is 5.91 Å². The average Bonchev–Trinajstić information content (AvgIpc) is 2.88. The number of carbonyl (C=O) groups excluding carboxylic acids is 1. The van der Waals surface area contributed by atoms with Gasteiger partial charge in [0.1, 0.15) is 17.1 Å². The van der Waals surface area contributed by atoms with Crippen LogP contribution in [-0.4, -0.2) is 42.2 Å². The molecule has 1 aliphatic heterocycles. The number of benzene rings is 1. The lowest BCUT2D eigenvalue weighted by atomic mass is 10.1. The highest BCUT2D eigenvalue weighted by Gasteiger charge is 2.21. The Balaban J connectivity index is 1.67. The van der Waals surface area contributed by atoms with Gasteiger partial charge in [-0.15, -0.1) is 0 Å². The molecule has 0 bridgehead atoms. The highest BCUT2D eigenvalue weighted by molar-refractivity contribution is 7.92. The van der Waals surface area contributed by atoms with Crippen LogP contribution in [0.2, 0.25) is 0 Å². The summed E-state index contributed by atoms with van der Waals surface area (Å²) in [5.74, 6) is 0.958. The first kappa shape index (κ1) is 21.1. The van der Waals surface area contributed by atoms with E-state index in [9.17, 15) is 13.2 Å². The number of fused-ring (bicyclic) bond motifs is 3. The van der Waals surface area contributed by atoms with Gasteiger partial charge in [-0.3, -0.25) is 9.52 Å². The minimum absolute atomic E-state index is 0.294. The largest absolute Gasteiger partial charge is 0.494 e. The molecule has 1 amide bonds. The van der Waals surface area contributed by atoms with E-state index in [1.807, 2.05) is 6.92 Å². The van der Waals surface area contributed by atoms with Crippen LogP contribution in [0.25, 0.3) is 11.2 Å². The molecule has 2 aromatic heterocycles. The van der Waals surface area contributed by atoms with Crippen molar-refractivity contribution < 1.29 is 17.9 Å². The molecule has 4 rings (SSSR count). The van der Waals surface area contributed by atoms with Crippen molar-refractivity contribution in [3.05, 3.63) is 41.3 Å². The summed E-state index contributed by atoms with van der Waals surface area (Å²) in [5.41, 5.74) is 3.32. The quantitative estimate of drug-likeness (QED) is 0.626. The van der Waals surface area contributed by atoms with Gasteiger partial charge in [0, 0.05) is 30.4 Å². The predicted octanol–water partition coefficient (Wildman–Crippen LogP) is 3.10. The second-order valence-corrected chi connectivity index (χ2v) is 9.47. The molecule has 31 heavy (non-hydrogen) atoms. The number of aromatic nitrogens is 3. The summed E-state index contributed by atoms with van der Waals surface area (Å²) in [6.45, 7) is 2.72. The van der Waals surface area contributed by atoms with Gasteiger partial charge in [0.15, 0.2) is 5.65 Å². The fraction of sp³-hybridized carbons (Fsp3) is 0.381. The predicted molar refractivity (Wildman–Crippen MR) is 119 cm³/mol. The molecule has 2 N–H and O–H groups in total. The summed E-state index contributed by atoms with van der Waals surface area (Å²) in [6.07, 6.45) is 5.25. The number of carbonyl (C=O) groups is 1. The van der Waals surface area contributed by atoms with Crippen LogP contribution >= 0.6 is 0 Å². The molecule has 0 spiro atoms. The second kappa shape index (κ2) is 8.18. The van der Waals surface area contributed by atoms with Gasteiger partial charge in [-0.05, 0) is 38.0 Å². The molecule has 3 heterocycles. The highest BCUT2D eigenvalue weighted by Crippen LogP contribution is 2.30. The summed E-state index contributed by atoms with van der Waals surface area (Å²) in [5, 5.41) is 2.86. The van der Waals surface area contributed by atoms with Crippen LogP contribution < -0.4 is 14.8 Å². The molecule has 164 valence electrons. The van der Waals surface area contributed by atoms with Crippen LogP contribution in [0.5, 0.6) is 5.75 Å². The van der Waals surface area contributed by atoms with Gasteiger partial charge in [-0.25, -0.2) is 18.4 Å². The van der Waals surface area contributed by atoms with Crippen molar-refractivity contribution in [2.45, 2.75) is 39.2 Å². The number of methoxy groups -OCH3 is 1. The summed E-state index contributed by atoms with van der Waals surface area (Å²) in [6, 6.07) is 6.46. The lowest BCUT2D eigenvalue weighted by Gasteiger charge is -2.12. The van der Waals surface area contributed by atoms with Crippen molar-refractivity contribution in [2.75, 3.05) is 23.4 Å². The Morgan fingerprint density at radius 2 is 1.97 bits per heavy atom. The number of rotatable bonds is 5. The first-order valence-electron chi connectivity index (χ1n) is 10.1. The maximum atomic E-state index is 13.1. The maximum absolute atomic E-state index is 13.1. The molecule has 1 aromatic carbocycles. The molecule has 0 aliphatic carbocycles. The lowest BCUT2D eigenvalue weighted by Crippen LogP contribution is -2.14. The molecule has 9 nitrogen and oxygen atoms in total. The van der Waals surface area contributed by atoms with Gasteiger partial charge in [0.2, 0.25) is 10.0 Å². The smallest absolute Gasteiger partial charge is 0.258 e. The zero-order chi connectivity index (χ0) is 22.2. The van der Waals surface area contributed by atoms with E-state index < -0.39 is 10.0 Å². The third-order valence-corrected chi connectivity index (χ3v) is 5.78. The summed E-state index contributed by atoms with van der Waals surface area (Å²) in [7, 11) is -2.02. The van der Waals surface area contributed by atoms with Crippen molar-refractivity contribution in [1.29, 1.82) is 0 Å². The van der Waals surface area contributed by atoms with Gasteiger partial charge in [0.25, 0.3) is 5.91 Å². The molecule has 0 saturated carbocycles. The molecule has 0 fully saturated rings. The fourth-order valence-corrected chi connectivity index (χ4v) is 4.41. The lowest BCUT2D eigenvalue weighted by molar-refractivity contribution is 0.102. The Morgan fingerprint density at radius 1 is 1.16 bits per heavy atom. The number of nitrogens with zero attached hydrogens (tertiary/aromatic N) is 3. The minimum Gasteiger partial charge on any atom is -0.494 e. The minimum atomic E-state index is -3.46. The maximum Gasteiger partial charge on any atom is 0.258 e. The molecule has 0 atom stereocenters. The van der Waals surface area contributed by atoms with Crippen LogP contribution in [-0.2, 0) is 23.0 Å². The number of aryl methyl sites for hydroxylation is 3. The van der Waals surface area contributed by atoms with Crippen molar-refractivity contribution in [1.82, 2.24) is 14.5 Å². The van der Waals surface area contributed by atoms with Crippen molar-refractivity contribution in [2.24, 2.45) is 0 Å². The van der Waals surface area contributed by atoms with Crippen LogP contribution in [0.4, 0.5) is 11.4 Å². The molecule has 1 aliphatic rings. The van der Waals surface area contributed by atoms with E-state index in [0.29, 0.717) is 28.2 Å². The Hall–Kier alpha value is -3.14. The number of imidazole rings is 1. The Bertz CT molecular complexity index is 1270. The van der Waals surface area contributed by atoms with Crippen molar-refractivity contribution >= 4 is 38.5 Å². The molecular formula is C21H25N5O4S. The van der Waals surface area contributed by atoms with E-state index >= 15 is 0 Å². The molecule has 0 unspecified atom stereocenters. The first-order chi connectivity index (χ1) is 14.7. The highest BCUT2D eigenvalue weighted by atomic mass is 32.2. The van der Waals surface area contributed by atoms with Gasteiger partial charge in [-0.2, -0.15) is 0 Å². The second-order valence-electron chi connectivity index (χ2n) is 7.72. The number of anilines is 2. The number of sulfonamides is 1. The van der Waals surface area contributed by atoms with Crippen LogP contribution in [0, 0.1) is 6.92 Å². The summed E-state index contributed by atoms with van der Waals surface area (Å²) < 4.78 is 32.8. The Kier molecular flexibility index (Phi) is 5.57. The Morgan fingerprint density at radius 3 is 2.71 bits per heavy atom. The molecule has 0 saturated heterocycles. The molecular weight excluding hydrogens is 418 g/mol. The van der Waals surface area contributed by atoms with E-state index in [4.69, 9.17) is 9.72 Å². The molecule has 0 radical (unpaired) electrons. The molecule has 3 aromatic rings. The number of amides is 1. The fourth-order valence-electron chi connectivity index (χ4n) is 3.84. The third kappa shape index (κ3) is 4.48. The first-order valence-corrected chi connectivity index (χ1v) is 12.0. The molecule has 10 heteroatoms. The Labute approximate surface area is 180 Å². The van der Waals surface area contributed by atoms with Crippen molar-refractivity contribution in [3.63, 3.8) is 0 Å². The third-order valence-electron chi connectivity index (χ3n) is 5.19. The standard InChI is InChI=1S/C21H25N5O4S/c1-13-11-15(19-20(22-13)26-10-6-4-5-7-18(26)24-19)21(27)23-14-8-9-16(17(12-14)30-2)25-31(3,28)29/h8-9,11-12,25H,4-7,10H2,1-3H3,(H,23,27). The van der Waals surface area contributed by atoms with Crippen molar-refractivity contribution in [3.8, 4) is 5.75 Å². The normalized spacial score (nSPS) is 14.0. The van der Waals surface area contributed by atoms with Gasteiger partial charge >= 0.3 is 0 Å². The van der Waals surface area contributed by atoms with Gasteiger partial charge < -0.3 is 14.6 Å². The summed E-state index contributed by atoms with van der Waals surface area (Å²) in [4.78, 5) is 22.5. The van der Waals surface area contributed by atoms with Crippen LogP contribution in [0.3, 0.4) is 0 Å². The van der Waals surface area contributed by atoms with E-state index in [1.165, 1.54) is 7.11 Å². The number of hydrogen-bond donors (Lipinski definition) is 2. The average molecular weight is 444 g/mol. The zero-order valence-electron chi connectivity index (χ0n) is 17.7. The number of hydrogen-bond acceptors (Lipinski definition) is 6. The topological polar surface area (TPSA) is 115 Å². The van der Waals surface area contributed by atoms with E-state index in [2.05, 4.69) is 19.6 Å². The summed E-state index contributed by atoms with van der Waals surface area (Å²) >= 11 is 0. The monoisotopic (exact) mass is 443 g/mol. The van der Waals surface area contributed by atoms with Gasteiger partial charge in [-0.1, -0.05) is 6.42 Å². The number of pyridine rings is 1. The number of ether oxygens (including phenoxy) is 1. The van der Waals surface area contributed by atoms with E-state index in [0.717, 1.165) is 55.6 Å². The van der Waals surface area contributed by atoms with Crippen LogP contribution in [0.15, 0.2) is 24.3 Å². The van der Waals surface area contributed by atoms with Gasteiger partial charge in [0.05, 0.1) is 24.6 Å². The van der Waals surface area contributed by atoms with Crippen LogP contribution in [0.1, 0.15) is 41.1 Å². The number of nitrogens with one attached hydrogen (secondary N) is 2.